The fourth-order valence-electron chi connectivity index (χ4n) is 2.33. The number of methoxy groups -OCH3 is 2. The first kappa shape index (κ1) is 17.7. The van der Waals surface area contributed by atoms with E-state index < -0.39 is 17.7 Å². The van der Waals surface area contributed by atoms with Crippen LogP contribution in [0.4, 0.5) is 8.78 Å². The molecule has 2 aromatic carbocycles. The Balaban J connectivity index is 2.06. The standard InChI is InChI=1S/C18H19F2NO3/c1-11(12-5-7-15(19)16(20)8-12)21-18(22)9-13-4-6-14(23-2)10-17(13)24-3/h4-8,10-11H,9H2,1-3H3,(H,21,22). The number of amides is 1. The van der Waals surface area contributed by atoms with Crippen LogP contribution in [0, 0.1) is 11.6 Å². The summed E-state index contributed by atoms with van der Waals surface area (Å²) in [6, 6.07) is 8.30. The fraction of sp³-hybridized carbons (Fsp3) is 0.278. The van der Waals surface area contributed by atoms with Gasteiger partial charge in [0, 0.05) is 11.6 Å². The van der Waals surface area contributed by atoms with Gasteiger partial charge in [-0.05, 0) is 30.7 Å². The summed E-state index contributed by atoms with van der Waals surface area (Å²) < 4.78 is 36.6. The van der Waals surface area contributed by atoms with Crippen LogP contribution in [-0.4, -0.2) is 20.1 Å². The summed E-state index contributed by atoms with van der Waals surface area (Å²) in [6.07, 6.45) is 0.0984. The van der Waals surface area contributed by atoms with Crippen molar-refractivity contribution in [1.29, 1.82) is 0 Å². The molecule has 0 bridgehead atoms. The summed E-state index contributed by atoms with van der Waals surface area (Å²) in [7, 11) is 3.06. The molecule has 2 rings (SSSR count). The highest BCUT2D eigenvalue weighted by Crippen LogP contribution is 2.25. The minimum Gasteiger partial charge on any atom is -0.497 e. The maximum absolute atomic E-state index is 13.3. The number of rotatable bonds is 6. The number of carbonyl (C=O) groups excluding carboxylic acids is 1. The first-order valence-electron chi connectivity index (χ1n) is 7.39. The maximum Gasteiger partial charge on any atom is 0.225 e. The van der Waals surface area contributed by atoms with E-state index in [2.05, 4.69) is 5.32 Å². The Morgan fingerprint density at radius 1 is 1.08 bits per heavy atom. The number of carbonyl (C=O) groups is 1. The van der Waals surface area contributed by atoms with E-state index in [0.717, 1.165) is 12.1 Å². The molecule has 0 aliphatic carbocycles. The Kier molecular flexibility index (Phi) is 5.73. The van der Waals surface area contributed by atoms with Crippen molar-refractivity contribution in [1.82, 2.24) is 5.32 Å². The minimum atomic E-state index is -0.939. The highest BCUT2D eigenvalue weighted by Gasteiger charge is 2.14. The van der Waals surface area contributed by atoms with Crippen molar-refractivity contribution in [3.05, 3.63) is 59.2 Å². The van der Waals surface area contributed by atoms with Gasteiger partial charge in [0.05, 0.1) is 26.7 Å². The van der Waals surface area contributed by atoms with Gasteiger partial charge in [0.25, 0.3) is 0 Å². The molecule has 128 valence electrons. The largest absolute Gasteiger partial charge is 0.497 e. The third-order valence-corrected chi connectivity index (χ3v) is 3.67. The lowest BCUT2D eigenvalue weighted by Crippen LogP contribution is -2.28. The quantitative estimate of drug-likeness (QED) is 0.880. The predicted molar refractivity (Wildman–Crippen MR) is 86.2 cm³/mol. The zero-order valence-electron chi connectivity index (χ0n) is 13.7. The molecular formula is C18H19F2NO3. The molecule has 0 saturated heterocycles. The normalized spacial score (nSPS) is 11.7. The summed E-state index contributed by atoms with van der Waals surface area (Å²) >= 11 is 0. The maximum atomic E-state index is 13.3. The lowest BCUT2D eigenvalue weighted by Gasteiger charge is -2.16. The van der Waals surface area contributed by atoms with Crippen molar-refractivity contribution in [2.45, 2.75) is 19.4 Å². The summed E-state index contributed by atoms with van der Waals surface area (Å²) in [6.45, 7) is 1.70. The van der Waals surface area contributed by atoms with E-state index in [1.165, 1.54) is 13.2 Å². The molecule has 6 heteroatoms. The average Bonchev–Trinajstić information content (AvgIpc) is 2.57. The van der Waals surface area contributed by atoms with Crippen LogP contribution in [0.5, 0.6) is 11.5 Å². The Bertz CT molecular complexity index is 734. The molecule has 0 aromatic heterocycles. The molecule has 2 aromatic rings. The number of ether oxygens (including phenoxy) is 2. The first-order valence-corrected chi connectivity index (χ1v) is 7.39. The molecule has 0 radical (unpaired) electrons. The van der Waals surface area contributed by atoms with Crippen LogP contribution in [0.25, 0.3) is 0 Å². The van der Waals surface area contributed by atoms with Crippen molar-refractivity contribution in [2.75, 3.05) is 14.2 Å². The number of nitrogens with one attached hydrogen (secondary N) is 1. The molecule has 4 nitrogen and oxygen atoms in total. The van der Waals surface area contributed by atoms with E-state index in [-0.39, 0.29) is 12.3 Å². The Morgan fingerprint density at radius 3 is 2.46 bits per heavy atom. The Morgan fingerprint density at radius 2 is 1.83 bits per heavy atom. The van der Waals surface area contributed by atoms with Crippen LogP contribution in [0.1, 0.15) is 24.1 Å². The molecule has 0 aliphatic rings. The molecule has 1 unspecified atom stereocenters. The topological polar surface area (TPSA) is 47.6 Å². The molecule has 1 amide bonds. The third-order valence-electron chi connectivity index (χ3n) is 3.67. The van der Waals surface area contributed by atoms with E-state index in [0.29, 0.717) is 22.6 Å². The van der Waals surface area contributed by atoms with Crippen molar-refractivity contribution < 1.29 is 23.0 Å². The van der Waals surface area contributed by atoms with Gasteiger partial charge in [0.15, 0.2) is 11.6 Å². The third kappa shape index (κ3) is 4.22. The molecular weight excluding hydrogens is 316 g/mol. The lowest BCUT2D eigenvalue weighted by atomic mass is 10.1. The van der Waals surface area contributed by atoms with E-state index in [1.54, 1.807) is 32.2 Å². The molecule has 1 N–H and O–H groups in total. The van der Waals surface area contributed by atoms with Crippen molar-refractivity contribution in [3.63, 3.8) is 0 Å². The minimum absolute atomic E-state index is 0.0984. The highest BCUT2D eigenvalue weighted by molar-refractivity contribution is 5.79. The number of hydrogen-bond donors (Lipinski definition) is 1. The summed E-state index contributed by atoms with van der Waals surface area (Å²) in [5.41, 5.74) is 1.19. The molecule has 0 saturated carbocycles. The summed E-state index contributed by atoms with van der Waals surface area (Å²) in [5.74, 6) is -0.933. The number of halogens is 2. The molecule has 0 fully saturated rings. The Labute approximate surface area is 139 Å². The molecule has 1 atom stereocenters. The summed E-state index contributed by atoms with van der Waals surface area (Å²) in [4.78, 5) is 12.2. The van der Waals surface area contributed by atoms with Crippen molar-refractivity contribution >= 4 is 5.91 Å². The van der Waals surface area contributed by atoms with E-state index in [4.69, 9.17) is 9.47 Å². The van der Waals surface area contributed by atoms with Crippen LogP contribution in [0.15, 0.2) is 36.4 Å². The van der Waals surface area contributed by atoms with Gasteiger partial charge >= 0.3 is 0 Å². The van der Waals surface area contributed by atoms with Gasteiger partial charge < -0.3 is 14.8 Å². The van der Waals surface area contributed by atoms with Gasteiger partial charge in [-0.3, -0.25) is 4.79 Å². The van der Waals surface area contributed by atoms with Gasteiger partial charge in [0.1, 0.15) is 11.5 Å². The van der Waals surface area contributed by atoms with Gasteiger partial charge in [-0.2, -0.15) is 0 Å². The van der Waals surface area contributed by atoms with E-state index >= 15 is 0 Å². The van der Waals surface area contributed by atoms with Crippen LogP contribution >= 0.6 is 0 Å². The van der Waals surface area contributed by atoms with E-state index in [1.807, 2.05) is 0 Å². The molecule has 0 spiro atoms. The first-order chi connectivity index (χ1) is 11.4. The van der Waals surface area contributed by atoms with Crippen LogP contribution < -0.4 is 14.8 Å². The van der Waals surface area contributed by atoms with Crippen LogP contribution in [-0.2, 0) is 11.2 Å². The summed E-state index contributed by atoms with van der Waals surface area (Å²) in [5, 5.41) is 2.76. The van der Waals surface area contributed by atoms with Gasteiger partial charge in [-0.1, -0.05) is 12.1 Å². The molecule has 0 heterocycles. The SMILES string of the molecule is COc1ccc(CC(=O)NC(C)c2ccc(F)c(F)c2)c(OC)c1. The van der Waals surface area contributed by atoms with Crippen LogP contribution in [0.2, 0.25) is 0 Å². The van der Waals surface area contributed by atoms with Crippen molar-refractivity contribution in [2.24, 2.45) is 0 Å². The van der Waals surface area contributed by atoms with Gasteiger partial charge in [-0.15, -0.1) is 0 Å². The van der Waals surface area contributed by atoms with E-state index in [9.17, 15) is 13.6 Å². The lowest BCUT2D eigenvalue weighted by molar-refractivity contribution is -0.121. The highest BCUT2D eigenvalue weighted by atomic mass is 19.2. The second kappa shape index (κ2) is 7.77. The second-order valence-electron chi connectivity index (χ2n) is 5.32. The fourth-order valence-corrected chi connectivity index (χ4v) is 2.33. The molecule has 0 aliphatic heterocycles. The zero-order valence-corrected chi connectivity index (χ0v) is 13.7. The second-order valence-corrected chi connectivity index (χ2v) is 5.32. The average molecular weight is 335 g/mol. The Hall–Kier alpha value is -2.63. The smallest absolute Gasteiger partial charge is 0.225 e. The number of hydrogen-bond acceptors (Lipinski definition) is 3. The number of benzene rings is 2. The zero-order chi connectivity index (χ0) is 17.7. The monoisotopic (exact) mass is 335 g/mol. The van der Waals surface area contributed by atoms with Crippen LogP contribution in [0.3, 0.4) is 0 Å². The molecule has 24 heavy (non-hydrogen) atoms. The van der Waals surface area contributed by atoms with Gasteiger partial charge in [0.2, 0.25) is 5.91 Å². The van der Waals surface area contributed by atoms with Gasteiger partial charge in [-0.25, -0.2) is 8.78 Å². The van der Waals surface area contributed by atoms with Crippen molar-refractivity contribution in [3.8, 4) is 11.5 Å². The predicted octanol–water partition coefficient (Wildman–Crippen LogP) is 3.40.